The smallest absolute Gasteiger partial charge is 0.191 e. The van der Waals surface area contributed by atoms with Gasteiger partial charge in [0.1, 0.15) is 5.75 Å². The Morgan fingerprint density at radius 3 is 2.88 bits per heavy atom. The monoisotopic (exact) mass is 363 g/mol. The number of aryl methyl sites for hydroxylation is 1. The summed E-state index contributed by atoms with van der Waals surface area (Å²) in [7, 11) is 1.70. The quantitative estimate of drug-likeness (QED) is 0.461. The lowest BCUT2D eigenvalue weighted by Crippen LogP contribution is -2.39. The van der Waals surface area contributed by atoms with Crippen molar-refractivity contribution in [2.75, 3.05) is 46.6 Å². The van der Waals surface area contributed by atoms with Crippen molar-refractivity contribution >= 4 is 5.96 Å². The van der Waals surface area contributed by atoms with E-state index in [4.69, 9.17) is 14.5 Å². The fraction of sp³-hybridized carbons (Fsp3) is 0.650. The maximum Gasteiger partial charge on any atom is 0.191 e. The molecule has 0 saturated carbocycles. The highest BCUT2D eigenvalue weighted by Gasteiger charge is 2.34. The van der Waals surface area contributed by atoms with Crippen LogP contribution in [0.15, 0.2) is 23.2 Å². The van der Waals surface area contributed by atoms with Gasteiger partial charge in [0, 0.05) is 31.7 Å². The first-order chi connectivity index (χ1) is 12.6. The highest BCUT2D eigenvalue weighted by atomic mass is 16.5. The molecule has 1 saturated heterocycles. The van der Waals surface area contributed by atoms with Gasteiger partial charge >= 0.3 is 0 Å². The number of nitrogens with one attached hydrogen (secondary N) is 2. The minimum absolute atomic E-state index is 0.0264. The molecule has 0 radical (unpaired) electrons. The second kappa shape index (κ2) is 10.4. The van der Waals surface area contributed by atoms with Gasteiger partial charge in [0.2, 0.25) is 0 Å². The summed E-state index contributed by atoms with van der Waals surface area (Å²) in [4.78, 5) is 4.74. The second-order valence-electron chi connectivity index (χ2n) is 6.95. The molecule has 0 aromatic heterocycles. The number of ether oxygens (including phenoxy) is 2. The molecule has 1 atom stereocenters. The van der Waals surface area contributed by atoms with Crippen molar-refractivity contribution in [3.05, 3.63) is 29.3 Å². The van der Waals surface area contributed by atoms with Crippen molar-refractivity contribution in [2.24, 2.45) is 10.4 Å². The molecule has 6 heteroatoms. The van der Waals surface area contributed by atoms with E-state index in [-0.39, 0.29) is 12.0 Å². The Morgan fingerprint density at radius 1 is 1.38 bits per heavy atom. The molecule has 1 aromatic rings. The topological polar surface area (TPSA) is 75.1 Å². The van der Waals surface area contributed by atoms with Crippen LogP contribution in [0, 0.1) is 12.3 Å². The fourth-order valence-electron chi connectivity index (χ4n) is 3.22. The van der Waals surface area contributed by atoms with E-state index in [1.165, 1.54) is 5.56 Å². The highest BCUT2D eigenvalue weighted by Crippen LogP contribution is 2.32. The number of methoxy groups -OCH3 is 1. The Balaban J connectivity index is 1.91. The lowest BCUT2D eigenvalue weighted by Gasteiger charge is -2.24. The summed E-state index contributed by atoms with van der Waals surface area (Å²) >= 11 is 0. The second-order valence-corrected chi connectivity index (χ2v) is 6.95. The van der Waals surface area contributed by atoms with Gasteiger partial charge in [-0.15, -0.1) is 0 Å². The summed E-state index contributed by atoms with van der Waals surface area (Å²) in [5, 5.41) is 16.0. The van der Waals surface area contributed by atoms with Gasteiger partial charge < -0.3 is 25.2 Å². The zero-order chi connectivity index (χ0) is 18.8. The Hall–Kier alpha value is -1.79. The molecule has 1 aromatic carbocycles. The van der Waals surface area contributed by atoms with Gasteiger partial charge in [-0.2, -0.15) is 0 Å². The molecule has 6 nitrogen and oxygen atoms in total. The number of aliphatic hydroxyl groups excluding tert-OH is 1. The molecule has 0 aliphatic carbocycles. The highest BCUT2D eigenvalue weighted by molar-refractivity contribution is 5.79. The predicted octanol–water partition coefficient (Wildman–Crippen LogP) is 1.89. The molecular weight excluding hydrogens is 330 g/mol. The van der Waals surface area contributed by atoms with Gasteiger partial charge in [0.05, 0.1) is 20.3 Å². The maximum absolute atomic E-state index is 9.34. The Labute approximate surface area is 157 Å². The molecular formula is C20H33N3O3. The van der Waals surface area contributed by atoms with Crippen molar-refractivity contribution in [1.82, 2.24) is 10.6 Å². The summed E-state index contributed by atoms with van der Waals surface area (Å²) < 4.78 is 10.9. The van der Waals surface area contributed by atoms with Gasteiger partial charge in [-0.25, -0.2) is 0 Å². The summed E-state index contributed by atoms with van der Waals surface area (Å²) in [6.45, 7) is 8.00. The Morgan fingerprint density at radius 2 is 2.23 bits per heavy atom. The first-order valence-electron chi connectivity index (χ1n) is 9.47. The number of hydrogen-bond acceptors (Lipinski definition) is 4. The normalized spacial score (nSPS) is 20.2. The van der Waals surface area contributed by atoms with Crippen LogP contribution in [0.1, 0.15) is 30.9 Å². The van der Waals surface area contributed by atoms with E-state index in [0.29, 0.717) is 13.2 Å². The molecule has 1 fully saturated rings. The van der Waals surface area contributed by atoms with Crippen LogP contribution in [0.4, 0.5) is 0 Å². The lowest BCUT2D eigenvalue weighted by molar-refractivity contribution is 0.131. The number of aliphatic hydroxyl groups is 1. The van der Waals surface area contributed by atoms with Crippen LogP contribution in [0.25, 0.3) is 0 Å². The van der Waals surface area contributed by atoms with Crippen molar-refractivity contribution in [3.8, 4) is 5.75 Å². The van der Waals surface area contributed by atoms with Gasteiger partial charge in [0.25, 0.3) is 0 Å². The first-order valence-corrected chi connectivity index (χ1v) is 9.47. The number of aliphatic imine (C=N–C) groups is 1. The summed E-state index contributed by atoms with van der Waals surface area (Å²) in [6.07, 6.45) is 2.59. The number of guanidine groups is 1. The van der Waals surface area contributed by atoms with Gasteiger partial charge in [-0.05, 0) is 50.3 Å². The third-order valence-electron chi connectivity index (χ3n) is 4.92. The predicted molar refractivity (Wildman–Crippen MR) is 105 cm³/mol. The molecule has 1 aliphatic heterocycles. The minimum Gasteiger partial charge on any atom is -0.496 e. The van der Waals surface area contributed by atoms with Crippen molar-refractivity contribution in [1.29, 1.82) is 0 Å². The maximum atomic E-state index is 9.34. The molecule has 26 heavy (non-hydrogen) atoms. The van der Waals surface area contributed by atoms with E-state index in [1.54, 1.807) is 7.11 Å². The SMILES string of the molecule is CCNC(=NCC1(CCO)CCOC1)NCCc1ccc(C)c(OC)c1. The number of rotatable bonds is 9. The molecule has 0 spiro atoms. The van der Waals surface area contributed by atoms with E-state index in [0.717, 1.165) is 56.2 Å². The lowest BCUT2D eigenvalue weighted by atomic mass is 9.84. The summed E-state index contributed by atoms with van der Waals surface area (Å²) in [5.74, 6) is 1.74. The average molecular weight is 364 g/mol. The summed E-state index contributed by atoms with van der Waals surface area (Å²) in [6, 6.07) is 6.31. The molecule has 1 heterocycles. The Bertz CT molecular complexity index is 584. The van der Waals surface area contributed by atoms with E-state index in [9.17, 15) is 5.11 Å². The third kappa shape index (κ3) is 5.88. The van der Waals surface area contributed by atoms with Crippen molar-refractivity contribution < 1.29 is 14.6 Å². The van der Waals surface area contributed by atoms with Crippen molar-refractivity contribution in [2.45, 2.75) is 33.1 Å². The van der Waals surface area contributed by atoms with Crippen LogP contribution >= 0.6 is 0 Å². The zero-order valence-corrected chi connectivity index (χ0v) is 16.3. The molecule has 2 rings (SSSR count). The fourth-order valence-corrected chi connectivity index (χ4v) is 3.22. The molecule has 1 unspecified atom stereocenters. The van der Waals surface area contributed by atoms with Gasteiger partial charge in [0.15, 0.2) is 5.96 Å². The van der Waals surface area contributed by atoms with Gasteiger partial charge in [-0.3, -0.25) is 4.99 Å². The van der Waals surface area contributed by atoms with Crippen LogP contribution in [0.3, 0.4) is 0 Å². The number of benzene rings is 1. The van der Waals surface area contributed by atoms with Crippen LogP contribution in [-0.2, 0) is 11.2 Å². The standard InChI is InChI=1S/C20H33N3O3/c1-4-21-19(23-14-20(8-11-24)9-12-26-15-20)22-10-7-17-6-5-16(2)18(13-17)25-3/h5-6,13,24H,4,7-12,14-15H2,1-3H3,(H2,21,22,23). The number of nitrogens with zero attached hydrogens (tertiary/aromatic N) is 1. The first kappa shape index (κ1) is 20.5. The zero-order valence-electron chi connectivity index (χ0n) is 16.3. The van der Waals surface area contributed by atoms with Gasteiger partial charge in [-0.1, -0.05) is 12.1 Å². The van der Waals surface area contributed by atoms with E-state index >= 15 is 0 Å². The van der Waals surface area contributed by atoms with E-state index in [1.807, 2.05) is 6.92 Å². The molecule has 3 N–H and O–H groups in total. The molecule has 1 aliphatic rings. The average Bonchev–Trinajstić information content (AvgIpc) is 3.10. The molecule has 0 amide bonds. The minimum atomic E-state index is -0.0264. The Kier molecular flexibility index (Phi) is 8.19. The van der Waals surface area contributed by atoms with Crippen LogP contribution in [-0.4, -0.2) is 57.6 Å². The third-order valence-corrected chi connectivity index (χ3v) is 4.92. The van der Waals surface area contributed by atoms with E-state index < -0.39 is 0 Å². The molecule has 146 valence electrons. The largest absolute Gasteiger partial charge is 0.496 e. The van der Waals surface area contributed by atoms with Crippen LogP contribution in [0.2, 0.25) is 0 Å². The van der Waals surface area contributed by atoms with E-state index in [2.05, 4.69) is 35.8 Å². The van der Waals surface area contributed by atoms with Crippen LogP contribution in [0.5, 0.6) is 5.75 Å². The number of hydrogen-bond donors (Lipinski definition) is 3. The van der Waals surface area contributed by atoms with Crippen LogP contribution < -0.4 is 15.4 Å². The summed E-state index contributed by atoms with van der Waals surface area (Å²) in [5.41, 5.74) is 2.35. The van der Waals surface area contributed by atoms with Crippen molar-refractivity contribution in [3.63, 3.8) is 0 Å². The molecule has 0 bridgehead atoms.